The summed E-state index contributed by atoms with van der Waals surface area (Å²) in [5, 5.41) is 0. The quantitative estimate of drug-likeness (QED) is 0.894. The molecule has 4 nitrogen and oxygen atoms in total. The van der Waals surface area contributed by atoms with E-state index in [0.717, 1.165) is 19.3 Å². The summed E-state index contributed by atoms with van der Waals surface area (Å²) in [6.45, 7) is 2.11. The maximum absolute atomic E-state index is 12.4. The monoisotopic (exact) mass is 361 g/mol. The number of ether oxygens (including phenoxy) is 1. The lowest BCUT2D eigenvalue weighted by atomic mass is 9.87. The van der Waals surface area contributed by atoms with Gasteiger partial charge < -0.3 is 4.74 Å². The molecule has 1 fully saturated rings. The highest BCUT2D eigenvalue weighted by atomic mass is 79.9. The molecule has 1 aromatic carbocycles. The van der Waals surface area contributed by atoms with Gasteiger partial charge in [0.2, 0.25) is 10.0 Å². The molecule has 1 aromatic rings. The molecule has 0 bridgehead atoms. The van der Waals surface area contributed by atoms with E-state index >= 15 is 0 Å². The van der Waals surface area contributed by atoms with Gasteiger partial charge in [0.25, 0.3) is 0 Å². The van der Waals surface area contributed by atoms with E-state index in [-0.39, 0.29) is 10.9 Å². The van der Waals surface area contributed by atoms with Crippen molar-refractivity contribution in [3.8, 4) is 5.75 Å². The van der Waals surface area contributed by atoms with Gasteiger partial charge in [-0.25, -0.2) is 13.1 Å². The maximum Gasteiger partial charge on any atom is 0.240 e. The average molecular weight is 362 g/mol. The highest BCUT2D eigenvalue weighted by Gasteiger charge is 2.27. The summed E-state index contributed by atoms with van der Waals surface area (Å²) in [5.41, 5.74) is 0. The molecule has 1 N–H and O–H groups in total. The number of benzene rings is 1. The highest BCUT2D eigenvalue weighted by Crippen LogP contribution is 2.29. The highest BCUT2D eigenvalue weighted by molar-refractivity contribution is 9.10. The van der Waals surface area contributed by atoms with Crippen LogP contribution in [0.1, 0.15) is 32.6 Å². The summed E-state index contributed by atoms with van der Waals surface area (Å²) in [6, 6.07) is 4.84. The zero-order chi connectivity index (χ0) is 14.8. The Morgan fingerprint density at radius 1 is 1.30 bits per heavy atom. The molecule has 0 aromatic heterocycles. The number of sulfonamides is 1. The van der Waals surface area contributed by atoms with Crippen LogP contribution >= 0.6 is 15.9 Å². The molecule has 2 rings (SSSR count). The van der Waals surface area contributed by atoms with Crippen molar-refractivity contribution >= 4 is 26.0 Å². The fourth-order valence-corrected chi connectivity index (χ4v) is 4.67. The number of nitrogens with one attached hydrogen (secondary N) is 1. The largest absolute Gasteiger partial charge is 0.496 e. The molecular formula is C14H20BrNO3S. The van der Waals surface area contributed by atoms with E-state index < -0.39 is 10.0 Å². The number of methoxy groups -OCH3 is 1. The molecule has 1 saturated carbocycles. The fraction of sp³-hybridized carbons (Fsp3) is 0.571. The van der Waals surface area contributed by atoms with Crippen LogP contribution in [0.3, 0.4) is 0 Å². The number of halogens is 1. The average Bonchev–Trinajstić information content (AvgIpc) is 2.41. The van der Waals surface area contributed by atoms with Gasteiger partial charge in [0, 0.05) is 6.04 Å². The predicted octanol–water partition coefficient (Wildman–Crippen LogP) is 3.31. The first-order chi connectivity index (χ1) is 9.44. The Hall–Kier alpha value is -0.590. The molecule has 0 radical (unpaired) electrons. The third-order valence-electron chi connectivity index (χ3n) is 3.85. The zero-order valence-electron chi connectivity index (χ0n) is 11.7. The Kier molecular flexibility index (Phi) is 5.09. The van der Waals surface area contributed by atoms with Crippen molar-refractivity contribution in [3.05, 3.63) is 22.7 Å². The molecule has 0 heterocycles. The van der Waals surface area contributed by atoms with Gasteiger partial charge in [-0.3, -0.25) is 0 Å². The van der Waals surface area contributed by atoms with Gasteiger partial charge in [-0.05, 0) is 52.9 Å². The van der Waals surface area contributed by atoms with Crippen molar-refractivity contribution in [2.24, 2.45) is 5.92 Å². The van der Waals surface area contributed by atoms with Gasteiger partial charge in [0.15, 0.2) is 0 Å². The SMILES string of the molecule is COc1ccc(S(=O)(=O)NC2CCCCC2C)cc1Br. The molecular weight excluding hydrogens is 342 g/mol. The Labute approximate surface area is 129 Å². The minimum absolute atomic E-state index is 0.0367. The summed E-state index contributed by atoms with van der Waals surface area (Å²) in [4.78, 5) is 0.267. The van der Waals surface area contributed by atoms with Crippen LogP contribution in [0.15, 0.2) is 27.6 Å². The Morgan fingerprint density at radius 3 is 2.60 bits per heavy atom. The number of hydrogen-bond acceptors (Lipinski definition) is 3. The normalized spacial score (nSPS) is 23.6. The molecule has 0 aliphatic heterocycles. The van der Waals surface area contributed by atoms with Crippen molar-refractivity contribution in [2.45, 2.75) is 43.5 Å². The maximum atomic E-state index is 12.4. The third-order valence-corrected chi connectivity index (χ3v) is 5.96. The van der Waals surface area contributed by atoms with Crippen molar-refractivity contribution in [1.82, 2.24) is 4.72 Å². The minimum Gasteiger partial charge on any atom is -0.496 e. The molecule has 1 aliphatic carbocycles. The van der Waals surface area contributed by atoms with E-state index in [1.807, 2.05) is 0 Å². The summed E-state index contributed by atoms with van der Waals surface area (Å²) in [7, 11) is -1.92. The van der Waals surface area contributed by atoms with Crippen LogP contribution < -0.4 is 9.46 Å². The van der Waals surface area contributed by atoms with Crippen LogP contribution in [0.25, 0.3) is 0 Å². The lowest BCUT2D eigenvalue weighted by Crippen LogP contribution is -2.40. The second kappa shape index (κ2) is 6.45. The molecule has 20 heavy (non-hydrogen) atoms. The molecule has 6 heteroatoms. The molecule has 2 unspecified atom stereocenters. The van der Waals surface area contributed by atoms with Gasteiger partial charge >= 0.3 is 0 Å². The Morgan fingerprint density at radius 2 is 2.00 bits per heavy atom. The summed E-state index contributed by atoms with van der Waals surface area (Å²) < 4.78 is 33.4. The second-order valence-electron chi connectivity index (χ2n) is 5.29. The molecule has 1 aliphatic rings. The van der Waals surface area contributed by atoms with Crippen LogP contribution in [0.4, 0.5) is 0 Å². The van der Waals surface area contributed by atoms with Gasteiger partial charge in [0.1, 0.15) is 5.75 Å². The Bertz CT molecular complexity index is 574. The lowest BCUT2D eigenvalue weighted by Gasteiger charge is -2.29. The smallest absolute Gasteiger partial charge is 0.240 e. The van der Waals surface area contributed by atoms with E-state index in [2.05, 4.69) is 27.6 Å². The van der Waals surface area contributed by atoms with Gasteiger partial charge in [-0.2, -0.15) is 0 Å². The summed E-state index contributed by atoms with van der Waals surface area (Å²) in [6.07, 6.45) is 4.27. The van der Waals surface area contributed by atoms with Crippen molar-refractivity contribution in [3.63, 3.8) is 0 Å². The van der Waals surface area contributed by atoms with E-state index in [9.17, 15) is 8.42 Å². The van der Waals surface area contributed by atoms with Gasteiger partial charge in [0.05, 0.1) is 16.5 Å². The summed E-state index contributed by atoms with van der Waals surface area (Å²) in [5.74, 6) is 1.01. The van der Waals surface area contributed by atoms with Crippen molar-refractivity contribution < 1.29 is 13.2 Å². The Balaban J connectivity index is 2.19. The van der Waals surface area contributed by atoms with E-state index in [0.29, 0.717) is 16.1 Å². The second-order valence-corrected chi connectivity index (χ2v) is 7.85. The van der Waals surface area contributed by atoms with E-state index in [1.165, 1.54) is 6.42 Å². The molecule has 2 atom stereocenters. The minimum atomic E-state index is -3.48. The van der Waals surface area contributed by atoms with Crippen LogP contribution in [0.2, 0.25) is 0 Å². The van der Waals surface area contributed by atoms with Crippen molar-refractivity contribution in [1.29, 1.82) is 0 Å². The van der Waals surface area contributed by atoms with Crippen LogP contribution in [0.5, 0.6) is 5.75 Å². The standard InChI is InChI=1S/C14H20BrNO3S/c1-10-5-3-4-6-13(10)16-20(17,18)11-7-8-14(19-2)12(15)9-11/h7-10,13,16H,3-6H2,1-2H3. The number of rotatable bonds is 4. The van der Waals surface area contributed by atoms with Gasteiger partial charge in [-0.1, -0.05) is 19.8 Å². The third kappa shape index (κ3) is 3.54. The van der Waals surface area contributed by atoms with Gasteiger partial charge in [-0.15, -0.1) is 0 Å². The van der Waals surface area contributed by atoms with Crippen molar-refractivity contribution in [2.75, 3.05) is 7.11 Å². The molecule has 0 amide bonds. The number of hydrogen-bond donors (Lipinski definition) is 1. The first kappa shape index (κ1) is 15.8. The topological polar surface area (TPSA) is 55.4 Å². The first-order valence-electron chi connectivity index (χ1n) is 6.80. The van der Waals surface area contributed by atoms with E-state index in [4.69, 9.17) is 4.74 Å². The zero-order valence-corrected chi connectivity index (χ0v) is 14.1. The molecule has 0 saturated heterocycles. The predicted molar refractivity (Wildman–Crippen MR) is 82.4 cm³/mol. The van der Waals surface area contributed by atoms with E-state index in [1.54, 1.807) is 25.3 Å². The lowest BCUT2D eigenvalue weighted by molar-refractivity contribution is 0.310. The van der Waals surface area contributed by atoms with Crippen LogP contribution in [-0.4, -0.2) is 21.6 Å². The first-order valence-corrected chi connectivity index (χ1v) is 9.07. The fourth-order valence-electron chi connectivity index (χ4n) is 2.57. The molecule has 0 spiro atoms. The molecule has 112 valence electrons. The van der Waals surface area contributed by atoms with Crippen LogP contribution in [0, 0.1) is 5.92 Å². The summed E-state index contributed by atoms with van der Waals surface area (Å²) >= 11 is 3.32. The van der Waals surface area contributed by atoms with Crippen LogP contribution in [-0.2, 0) is 10.0 Å².